The molecule has 1 amide bonds. The van der Waals surface area contributed by atoms with Crippen LogP contribution in [0.1, 0.15) is 36.5 Å². The summed E-state index contributed by atoms with van der Waals surface area (Å²) in [4.78, 5) is 23.0. The van der Waals surface area contributed by atoms with Crippen molar-refractivity contribution in [3.05, 3.63) is 36.2 Å². The molecule has 1 unspecified atom stereocenters. The van der Waals surface area contributed by atoms with Crippen LogP contribution in [0, 0.1) is 0 Å². The molecule has 0 bridgehead atoms. The first-order valence-electron chi connectivity index (χ1n) is 6.81. The minimum Gasteiger partial charge on any atom is -0.336 e. The molecule has 19 heavy (non-hydrogen) atoms. The Hall–Kier alpha value is -1.97. The predicted octanol–water partition coefficient (Wildman–Crippen LogP) is 2.64. The Kier molecular flexibility index (Phi) is 3.15. The van der Waals surface area contributed by atoms with Crippen molar-refractivity contribution in [3.8, 4) is 0 Å². The van der Waals surface area contributed by atoms with Crippen LogP contribution < -0.4 is 0 Å². The predicted molar refractivity (Wildman–Crippen MR) is 73.9 cm³/mol. The molecular weight excluding hydrogens is 238 g/mol. The molecule has 1 aliphatic rings. The Bertz CT molecular complexity index is 611. The first kappa shape index (κ1) is 12.1. The van der Waals surface area contributed by atoms with E-state index in [0.29, 0.717) is 11.6 Å². The number of amides is 1. The van der Waals surface area contributed by atoms with Gasteiger partial charge in [0.1, 0.15) is 0 Å². The zero-order chi connectivity index (χ0) is 13.2. The highest BCUT2D eigenvalue weighted by molar-refractivity contribution is 5.97. The second-order valence-electron chi connectivity index (χ2n) is 4.96. The molecule has 1 aliphatic heterocycles. The lowest BCUT2D eigenvalue weighted by Gasteiger charge is -2.23. The minimum atomic E-state index is 0.122. The van der Waals surface area contributed by atoms with Crippen LogP contribution >= 0.6 is 0 Å². The SMILES string of the molecule is CCC1CCCN1C(=O)c1ccc2nccnc2c1. The number of aromatic nitrogens is 2. The molecular formula is C15H17N3O. The third-order valence-electron chi connectivity index (χ3n) is 3.83. The Morgan fingerprint density at radius 2 is 2.11 bits per heavy atom. The van der Waals surface area contributed by atoms with Gasteiger partial charge in [0.05, 0.1) is 11.0 Å². The van der Waals surface area contributed by atoms with Gasteiger partial charge in [-0.2, -0.15) is 0 Å². The van der Waals surface area contributed by atoms with Crippen molar-refractivity contribution in [1.82, 2.24) is 14.9 Å². The third kappa shape index (κ3) is 2.18. The van der Waals surface area contributed by atoms with E-state index in [1.165, 1.54) is 0 Å². The van der Waals surface area contributed by atoms with Gasteiger partial charge in [0, 0.05) is 30.5 Å². The van der Waals surface area contributed by atoms with Gasteiger partial charge in [-0.05, 0) is 37.5 Å². The van der Waals surface area contributed by atoms with Crippen molar-refractivity contribution in [2.24, 2.45) is 0 Å². The van der Waals surface area contributed by atoms with Gasteiger partial charge in [0.2, 0.25) is 0 Å². The normalized spacial score (nSPS) is 19.0. The Balaban J connectivity index is 1.93. The van der Waals surface area contributed by atoms with E-state index in [1.54, 1.807) is 12.4 Å². The summed E-state index contributed by atoms with van der Waals surface area (Å²) in [5.74, 6) is 0.122. The molecule has 3 rings (SSSR count). The molecule has 0 aliphatic carbocycles. The first-order chi connectivity index (χ1) is 9.29. The summed E-state index contributed by atoms with van der Waals surface area (Å²) in [7, 11) is 0. The molecule has 2 heterocycles. The fourth-order valence-corrected chi connectivity index (χ4v) is 2.79. The van der Waals surface area contributed by atoms with E-state index < -0.39 is 0 Å². The van der Waals surface area contributed by atoms with Crippen molar-refractivity contribution in [2.45, 2.75) is 32.2 Å². The summed E-state index contributed by atoms with van der Waals surface area (Å²) in [5, 5.41) is 0. The Morgan fingerprint density at radius 1 is 1.32 bits per heavy atom. The lowest BCUT2D eigenvalue weighted by atomic mass is 10.1. The fourth-order valence-electron chi connectivity index (χ4n) is 2.79. The first-order valence-corrected chi connectivity index (χ1v) is 6.81. The van der Waals surface area contributed by atoms with Gasteiger partial charge < -0.3 is 4.90 Å². The number of nitrogens with zero attached hydrogens (tertiary/aromatic N) is 3. The largest absolute Gasteiger partial charge is 0.336 e. The zero-order valence-electron chi connectivity index (χ0n) is 11.0. The van der Waals surface area contributed by atoms with E-state index >= 15 is 0 Å². The van der Waals surface area contributed by atoms with Crippen LogP contribution in [0.4, 0.5) is 0 Å². The Morgan fingerprint density at radius 3 is 2.89 bits per heavy atom. The van der Waals surface area contributed by atoms with Gasteiger partial charge in [-0.15, -0.1) is 0 Å². The summed E-state index contributed by atoms with van der Waals surface area (Å²) in [6, 6.07) is 5.96. The minimum absolute atomic E-state index is 0.122. The van der Waals surface area contributed by atoms with Gasteiger partial charge >= 0.3 is 0 Å². The van der Waals surface area contributed by atoms with Crippen LogP contribution in [0.25, 0.3) is 11.0 Å². The number of likely N-dealkylation sites (tertiary alicyclic amines) is 1. The molecule has 0 radical (unpaired) electrons. The maximum atomic E-state index is 12.5. The topological polar surface area (TPSA) is 46.1 Å². The lowest BCUT2D eigenvalue weighted by Crippen LogP contribution is -2.35. The van der Waals surface area contributed by atoms with Crippen LogP contribution in [-0.2, 0) is 0 Å². The number of carbonyl (C=O) groups is 1. The van der Waals surface area contributed by atoms with Crippen LogP contribution in [0.2, 0.25) is 0 Å². The van der Waals surface area contributed by atoms with Crippen molar-refractivity contribution in [2.75, 3.05) is 6.54 Å². The summed E-state index contributed by atoms with van der Waals surface area (Å²) in [6.07, 6.45) is 6.57. The number of hydrogen-bond donors (Lipinski definition) is 0. The maximum absolute atomic E-state index is 12.5. The van der Waals surface area contributed by atoms with E-state index in [4.69, 9.17) is 0 Å². The lowest BCUT2D eigenvalue weighted by molar-refractivity contribution is 0.0734. The average Bonchev–Trinajstić information content (AvgIpc) is 2.94. The standard InChI is InChI=1S/C15H17N3O/c1-2-12-4-3-9-18(12)15(19)11-5-6-13-14(10-11)17-8-7-16-13/h5-8,10,12H,2-4,9H2,1H3. The summed E-state index contributed by atoms with van der Waals surface area (Å²) in [5.41, 5.74) is 2.32. The smallest absolute Gasteiger partial charge is 0.254 e. The number of benzene rings is 1. The van der Waals surface area contributed by atoms with E-state index in [0.717, 1.165) is 36.8 Å². The highest BCUT2D eigenvalue weighted by Gasteiger charge is 2.28. The van der Waals surface area contributed by atoms with Crippen LogP contribution in [0.5, 0.6) is 0 Å². The molecule has 1 saturated heterocycles. The number of carbonyl (C=O) groups excluding carboxylic acids is 1. The monoisotopic (exact) mass is 255 g/mol. The summed E-state index contributed by atoms with van der Waals surface area (Å²) < 4.78 is 0. The maximum Gasteiger partial charge on any atom is 0.254 e. The fraction of sp³-hybridized carbons (Fsp3) is 0.400. The molecule has 1 aromatic heterocycles. The zero-order valence-corrected chi connectivity index (χ0v) is 11.0. The van der Waals surface area contributed by atoms with Gasteiger partial charge in [0.15, 0.2) is 0 Å². The molecule has 0 spiro atoms. The quantitative estimate of drug-likeness (QED) is 0.828. The highest BCUT2D eigenvalue weighted by Crippen LogP contribution is 2.23. The highest BCUT2D eigenvalue weighted by atomic mass is 16.2. The molecule has 0 N–H and O–H groups in total. The van der Waals surface area contributed by atoms with E-state index in [2.05, 4.69) is 16.9 Å². The third-order valence-corrected chi connectivity index (χ3v) is 3.83. The van der Waals surface area contributed by atoms with E-state index in [1.807, 2.05) is 23.1 Å². The molecule has 4 heteroatoms. The molecule has 1 fully saturated rings. The second-order valence-corrected chi connectivity index (χ2v) is 4.96. The molecule has 1 atom stereocenters. The van der Waals surface area contributed by atoms with Crippen LogP contribution in [0.15, 0.2) is 30.6 Å². The molecule has 0 saturated carbocycles. The van der Waals surface area contributed by atoms with Gasteiger partial charge in [-0.25, -0.2) is 0 Å². The van der Waals surface area contributed by atoms with Crippen LogP contribution in [0.3, 0.4) is 0 Å². The number of fused-ring (bicyclic) bond motifs is 1. The van der Waals surface area contributed by atoms with Gasteiger partial charge in [-0.3, -0.25) is 14.8 Å². The molecule has 2 aromatic rings. The molecule has 4 nitrogen and oxygen atoms in total. The van der Waals surface area contributed by atoms with Crippen molar-refractivity contribution < 1.29 is 4.79 Å². The molecule has 1 aromatic carbocycles. The van der Waals surface area contributed by atoms with Crippen molar-refractivity contribution in [1.29, 1.82) is 0 Å². The van der Waals surface area contributed by atoms with Crippen LogP contribution in [-0.4, -0.2) is 33.4 Å². The Labute approximate surface area is 112 Å². The number of hydrogen-bond acceptors (Lipinski definition) is 3. The van der Waals surface area contributed by atoms with Gasteiger partial charge in [-0.1, -0.05) is 6.92 Å². The summed E-state index contributed by atoms with van der Waals surface area (Å²) in [6.45, 7) is 3.01. The van der Waals surface area contributed by atoms with E-state index in [9.17, 15) is 4.79 Å². The van der Waals surface area contributed by atoms with E-state index in [-0.39, 0.29) is 5.91 Å². The average molecular weight is 255 g/mol. The van der Waals surface area contributed by atoms with Crippen molar-refractivity contribution in [3.63, 3.8) is 0 Å². The van der Waals surface area contributed by atoms with Gasteiger partial charge in [0.25, 0.3) is 5.91 Å². The summed E-state index contributed by atoms with van der Waals surface area (Å²) >= 11 is 0. The molecule has 98 valence electrons. The number of rotatable bonds is 2. The van der Waals surface area contributed by atoms with Crippen molar-refractivity contribution >= 4 is 16.9 Å². The second kappa shape index (κ2) is 4.96.